The van der Waals surface area contributed by atoms with Crippen LogP contribution in [0.25, 0.3) is 0 Å². The highest BCUT2D eigenvalue weighted by Gasteiger charge is 2.34. The molecule has 3 rings (SSSR count). The molecule has 2 aliphatic rings. The van der Waals surface area contributed by atoms with Gasteiger partial charge in [0.1, 0.15) is 0 Å². The fraction of sp³-hybridized carbons (Fsp3) is 0.429. The maximum Gasteiger partial charge on any atom is 0.0884 e. The summed E-state index contributed by atoms with van der Waals surface area (Å²) in [6.45, 7) is 7.77. The Morgan fingerprint density at radius 2 is 1.88 bits per heavy atom. The van der Waals surface area contributed by atoms with Crippen LogP contribution in [0.5, 0.6) is 0 Å². The Bertz CT molecular complexity index is 490. The molecular formula is C14H17N3. The van der Waals surface area contributed by atoms with Crippen LogP contribution in [0.2, 0.25) is 0 Å². The summed E-state index contributed by atoms with van der Waals surface area (Å²) in [6, 6.07) is 4.39. The highest BCUT2D eigenvalue weighted by Crippen LogP contribution is 2.47. The predicted octanol–water partition coefficient (Wildman–Crippen LogP) is 2.92. The van der Waals surface area contributed by atoms with E-state index in [9.17, 15) is 0 Å². The van der Waals surface area contributed by atoms with Crippen LogP contribution in [-0.4, -0.2) is 26.0 Å². The third-order valence-corrected chi connectivity index (χ3v) is 3.85. The second kappa shape index (κ2) is 4.08. The summed E-state index contributed by atoms with van der Waals surface area (Å²) >= 11 is 0. The normalized spacial score (nSPS) is 26.2. The minimum atomic E-state index is 0.656. The quantitative estimate of drug-likeness (QED) is 0.775. The predicted molar refractivity (Wildman–Crippen MR) is 72.4 cm³/mol. The van der Waals surface area contributed by atoms with Gasteiger partial charge in [-0.3, -0.25) is 9.98 Å². The Balaban J connectivity index is 2.15. The van der Waals surface area contributed by atoms with E-state index in [0.717, 1.165) is 24.5 Å². The number of hydrogen-bond donors (Lipinski definition) is 1. The molecule has 1 aromatic rings. The topological polar surface area (TPSA) is 36.8 Å². The number of hydrogen-bond acceptors (Lipinski definition) is 3. The van der Waals surface area contributed by atoms with Crippen molar-refractivity contribution in [3.05, 3.63) is 23.3 Å². The lowest BCUT2D eigenvalue weighted by atomic mass is 9.98. The summed E-state index contributed by atoms with van der Waals surface area (Å²) in [6.07, 6.45) is 3.09. The summed E-state index contributed by atoms with van der Waals surface area (Å²) in [4.78, 5) is 8.49. The third-order valence-electron chi connectivity index (χ3n) is 3.85. The van der Waals surface area contributed by atoms with Crippen molar-refractivity contribution >= 4 is 24.3 Å². The van der Waals surface area contributed by atoms with Gasteiger partial charge in [0, 0.05) is 19.3 Å². The van der Waals surface area contributed by atoms with E-state index in [2.05, 4.69) is 34.2 Å². The number of rotatable bonds is 2. The van der Waals surface area contributed by atoms with Gasteiger partial charge in [-0.15, -0.1) is 0 Å². The first-order valence-corrected chi connectivity index (χ1v) is 6.17. The summed E-state index contributed by atoms with van der Waals surface area (Å²) in [5.74, 6) is 1.32. The van der Waals surface area contributed by atoms with Crippen LogP contribution >= 0.6 is 0 Å². The minimum Gasteiger partial charge on any atom is -0.316 e. The molecule has 1 aliphatic heterocycles. The molecule has 1 saturated heterocycles. The van der Waals surface area contributed by atoms with Crippen LogP contribution in [-0.2, 0) is 0 Å². The zero-order valence-corrected chi connectivity index (χ0v) is 10.1. The van der Waals surface area contributed by atoms with Gasteiger partial charge in [-0.1, -0.05) is 0 Å². The van der Waals surface area contributed by atoms with Gasteiger partial charge < -0.3 is 5.32 Å². The standard InChI is InChI=1S/C14H17N3/c1-3-17-14-6-12-10-4-9(7-16-8-10)11(12)5-13(14)15-2/h3,5-6,9-10,16H,2,4,7-8H2,1H3/b17-3-. The molecule has 1 N–H and O–H groups in total. The first-order valence-electron chi connectivity index (χ1n) is 6.17. The smallest absolute Gasteiger partial charge is 0.0884 e. The van der Waals surface area contributed by atoms with E-state index < -0.39 is 0 Å². The van der Waals surface area contributed by atoms with Crippen molar-refractivity contribution in [2.24, 2.45) is 9.98 Å². The summed E-state index contributed by atoms with van der Waals surface area (Å²) in [7, 11) is 0. The van der Waals surface area contributed by atoms with E-state index in [-0.39, 0.29) is 0 Å². The molecule has 3 nitrogen and oxygen atoms in total. The molecule has 3 heteroatoms. The number of piperidine rings is 1. The molecule has 2 bridgehead atoms. The zero-order chi connectivity index (χ0) is 11.8. The number of aliphatic imine (C=N–C) groups is 2. The molecular weight excluding hydrogens is 210 g/mol. The number of nitrogens with one attached hydrogen (secondary N) is 1. The Labute approximate surface area is 102 Å². The van der Waals surface area contributed by atoms with Crippen LogP contribution in [0, 0.1) is 0 Å². The van der Waals surface area contributed by atoms with Crippen molar-refractivity contribution in [2.45, 2.75) is 25.2 Å². The van der Waals surface area contributed by atoms with Crippen molar-refractivity contribution in [1.29, 1.82) is 0 Å². The third kappa shape index (κ3) is 1.62. The maximum absolute atomic E-state index is 4.39. The fourth-order valence-corrected chi connectivity index (χ4v) is 3.10. The first-order chi connectivity index (χ1) is 8.33. The fourth-order valence-electron chi connectivity index (χ4n) is 3.10. The largest absolute Gasteiger partial charge is 0.316 e. The van der Waals surface area contributed by atoms with Crippen molar-refractivity contribution < 1.29 is 0 Å². The lowest BCUT2D eigenvalue weighted by Gasteiger charge is -2.19. The van der Waals surface area contributed by atoms with Gasteiger partial charge in [0.15, 0.2) is 0 Å². The molecule has 1 heterocycles. The minimum absolute atomic E-state index is 0.656. The second-order valence-corrected chi connectivity index (χ2v) is 4.80. The van der Waals surface area contributed by atoms with Gasteiger partial charge in [0.25, 0.3) is 0 Å². The van der Waals surface area contributed by atoms with E-state index in [0.29, 0.717) is 11.8 Å². The monoisotopic (exact) mass is 227 g/mol. The summed E-state index contributed by atoms with van der Waals surface area (Å²) in [5.41, 5.74) is 4.79. The van der Waals surface area contributed by atoms with E-state index >= 15 is 0 Å². The molecule has 1 aromatic carbocycles. The Morgan fingerprint density at radius 3 is 2.47 bits per heavy atom. The zero-order valence-electron chi connectivity index (χ0n) is 10.1. The molecule has 1 fully saturated rings. The van der Waals surface area contributed by atoms with Crippen LogP contribution in [0.15, 0.2) is 22.1 Å². The number of benzene rings is 1. The Hall–Kier alpha value is -1.48. The van der Waals surface area contributed by atoms with Crippen LogP contribution in [0.1, 0.15) is 36.3 Å². The van der Waals surface area contributed by atoms with Gasteiger partial charge in [-0.2, -0.15) is 0 Å². The van der Waals surface area contributed by atoms with Crippen molar-refractivity contribution in [3.63, 3.8) is 0 Å². The number of nitrogens with zero attached hydrogens (tertiary/aromatic N) is 2. The van der Waals surface area contributed by atoms with Crippen LogP contribution in [0.3, 0.4) is 0 Å². The van der Waals surface area contributed by atoms with E-state index in [4.69, 9.17) is 0 Å². The second-order valence-electron chi connectivity index (χ2n) is 4.80. The molecule has 0 radical (unpaired) electrons. The summed E-state index contributed by atoms with van der Waals surface area (Å²) in [5, 5.41) is 3.50. The lowest BCUT2D eigenvalue weighted by molar-refractivity contribution is 0.454. The molecule has 0 saturated carbocycles. The average molecular weight is 227 g/mol. The Morgan fingerprint density at radius 1 is 1.24 bits per heavy atom. The molecule has 0 spiro atoms. The first kappa shape index (κ1) is 10.7. The van der Waals surface area contributed by atoms with Crippen molar-refractivity contribution in [2.75, 3.05) is 13.1 Å². The molecule has 88 valence electrons. The molecule has 0 aromatic heterocycles. The van der Waals surface area contributed by atoms with E-state index in [1.54, 1.807) is 0 Å². The van der Waals surface area contributed by atoms with Gasteiger partial charge in [0.05, 0.1) is 11.4 Å². The number of fused-ring (bicyclic) bond motifs is 5. The highest BCUT2D eigenvalue weighted by molar-refractivity contribution is 5.73. The molecule has 17 heavy (non-hydrogen) atoms. The van der Waals surface area contributed by atoms with Crippen LogP contribution in [0.4, 0.5) is 11.4 Å². The van der Waals surface area contributed by atoms with Gasteiger partial charge in [-0.25, -0.2) is 0 Å². The van der Waals surface area contributed by atoms with E-state index in [1.807, 2.05) is 13.1 Å². The van der Waals surface area contributed by atoms with E-state index in [1.165, 1.54) is 17.5 Å². The molecule has 0 amide bonds. The molecule has 1 aliphatic carbocycles. The Kier molecular flexibility index (Phi) is 2.56. The van der Waals surface area contributed by atoms with Gasteiger partial charge in [0.2, 0.25) is 0 Å². The van der Waals surface area contributed by atoms with Gasteiger partial charge in [-0.05, 0) is 55.2 Å². The highest BCUT2D eigenvalue weighted by atomic mass is 14.9. The summed E-state index contributed by atoms with van der Waals surface area (Å²) < 4.78 is 0. The maximum atomic E-state index is 4.39. The van der Waals surface area contributed by atoms with Crippen molar-refractivity contribution in [1.82, 2.24) is 5.32 Å². The molecule has 2 unspecified atom stereocenters. The van der Waals surface area contributed by atoms with Crippen LogP contribution < -0.4 is 5.32 Å². The SMILES string of the molecule is C=Nc1cc2c(cc1/N=C\C)C1CNCC2C1. The van der Waals surface area contributed by atoms with Crippen molar-refractivity contribution in [3.8, 4) is 0 Å². The van der Waals surface area contributed by atoms with Gasteiger partial charge >= 0.3 is 0 Å². The average Bonchev–Trinajstić information content (AvgIpc) is 2.61. The molecule has 2 atom stereocenters. The lowest BCUT2D eigenvalue weighted by Crippen LogP contribution is -2.28.